The Balaban J connectivity index is 1.55. The Hall–Kier alpha value is -3.18. The Bertz CT molecular complexity index is 915. The molecular formula is C25H27FN3O+. The van der Waals surface area contributed by atoms with E-state index >= 15 is 0 Å². The first-order valence-electron chi connectivity index (χ1n) is 10.5. The number of carbonyl (C=O) groups is 1. The van der Waals surface area contributed by atoms with Gasteiger partial charge in [0, 0.05) is 19.3 Å². The van der Waals surface area contributed by atoms with Crippen LogP contribution in [-0.4, -0.2) is 30.3 Å². The number of para-hydroxylation sites is 2. The van der Waals surface area contributed by atoms with Crippen LogP contribution in [0.4, 0.5) is 20.6 Å². The summed E-state index contributed by atoms with van der Waals surface area (Å²) in [5.41, 5.74) is 6.06. The van der Waals surface area contributed by atoms with E-state index in [9.17, 15) is 9.18 Å². The van der Waals surface area contributed by atoms with Crippen molar-refractivity contribution in [1.82, 2.24) is 5.43 Å². The Morgan fingerprint density at radius 1 is 0.833 bits per heavy atom. The van der Waals surface area contributed by atoms with E-state index in [1.54, 1.807) is 4.90 Å². The summed E-state index contributed by atoms with van der Waals surface area (Å²) in [6.45, 7) is 2.60. The van der Waals surface area contributed by atoms with Crippen molar-refractivity contribution in [3.05, 3.63) is 96.3 Å². The molecule has 0 aromatic heterocycles. The second-order valence-electron chi connectivity index (χ2n) is 7.82. The monoisotopic (exact) mass is 404 g/mol. The average Bonchev–Trinajstić information content (AvgIpc) is 3.23. The van der Waals surface area contributed by atoms with Crippen LogP contribution in [0.2, 0.25) is 0 Å². The van der Waals surface area contributed by atoms with Crippen molar-refractivity contribution in [2.24, 2.45) is 0 Å². The van der Waals surface area contributed by atoms with Crippen LogP contribution in [0, 0.1) is 5.82 Å². The van der Waals surface area contributed by atoms with Crippen LogP contribution in [-0.2, 0) is 6.42 Å². The number of carbonyl (C=O) groups excluding carboxylic acids is 1. The van der Waals surface area contributed by atoms with E-state index in [1.807, 2.05) is 72.8 Å². The predicted octanol–water partition coefficient (Wildman–Crippen LogP) is 5.44. The van der Waals surface area contributed by atoms with Crippen molar-refractivity contribution in [3.63, 3.8) is 0 Å². The van der Waals surface area contributed by atoms with E-state index in [2.05, 4.69) is 5.43 Å². The summed E-state index contributed by atoms with van der Waals surface area (Å²) >= 11 is 0. The van der Waals surface area contributed by atoms with Gasteiger partial charge in [-0.3, -0.25) is 4.90 Å². The molecule has 154 valence electrons. The molecule has 0 unspecified atom stereocenters. The molecule has 0 bridgehead atoms. The summed E-state index contributed by atoms with van der Waals surface area (Å²) in [7, 11) is 0. The van der Waals surface area contributed by atoms with E-state index < -0.39 is 0 Å². The van der Waals surface area contributed by atoms with Gasteiger partial charge in [-0.05, 0) is 42.0 Å². The molecule has 1 fully saturated rings. The molecule has 1 N–H and O–H groups in total. The van der Waals surface area contributed by atoms with Crippen LogP contribution < -0.4 is 10.3 Å². The van der Waals surface area contributed by atoms with Crippen molar-refractivity contribution in [2.75, 3.05) is 24.5 Å². The molecule has 0 atom stereocenters. The summed E-state index contributed by atoms with van der Waals surface area (Å²) in [5, 5.41) is 0. The van der Waals surface area contributed by atoms with E-state index in [0.29, 0.717) is 4.59 Å². The molecule has 3 aromatic rings. The van der Waals surface area contributed by atoms with Gasteiger partial charge in [0.2, 0.25) is 0 Å². The van der Waals surface area contributed by atoms with Gasteiger partial charge in [-0.25, -0.2) is 13.8 Å². The van der Waals surface area contributed by atoms with E-state index in [-0.39, 0.29) is 11.8 Å². The lowest BCUT2D eigenvalue weighted by molar-refractivity contribution is -0.949. The highest BCUT2D eigenvalue weighted by molar-refractivity contribution is 5.98. The van der Waals surface area contributed by atoms with Crippen LogP contribution in [0.3, 0.4) is 0 Å². The molecule has 0 aliphatic carbocycles. The summed E-state index contributed by atoms with van der Waals surface area (Å²) in [5.74, 6) is -0.224. The van der Waals surface area contributed by atoms with Gasteiger partial charge in [-0.1, -0.05) is 48.5 Å². The third-order valence-electron chi connectivity index (χ3n) is 5.73. The normalized spacial score (nSPS) is 15.0. The van der Waals surface area contributed by atoms with Crippen LogP contribution >= 0.6 is 0 Å². The lowest BCUT2D eigenvalue weighted by Crippen LogP contribution is -2.61. The summed E-state index contributed by atoms with van der Waals surface area (Å²) in [6.07, 6.45) is 2.96. The number of hydrogen-bond donors (Lipinski definition) is 1. The molecular weight excluding hydrogens is 377 g/mol. The second-order valence-corrected chi connectivity index (χ2v) is 7.82. The number of nitrogens with one attached hydrogen (secondary N) is 1. The van der Waals surface area contributed by atoms with E-state index in [0.717, 1.165) is 55.8 Å². The second kappa shape index (κ2) is 9.09. The standard InChI is InChI=1S/C25H26FN3O/c26-22-15-13-21(14-16-22)17-20-29(18-7-8-19-29)27-25(30)28(23-9-3-1-4-10-23)24-11-5-2-6-12-24/h1-6,9-16H,7-8,17-20H2/p+1. The van der Waals surface area contributed by atoms with Crippen molar-refractivity contribution < 1.29 is 13.8 Å². The van der Waals surface area contributed by atoms with Gasteiger partial charge >= 0.3 is 6.03 Å². The van der Waals surface area contributed by atoms with Crippen molar-refractivity contribution in [2.45, 2.75) is 19.3 Å². The van der Waals surface area contributed by atoms with Crippen molar-refractivity contribution in [3.8, 4) is 0 Å². The number of nitrogens with zero attached hydrogens (tertiary/aromatic N) is 2. The Labute approximate surface area is 177 Å². The Kier molecular flexibility index (Phi) is 6.10. The fourth-order valence-electron chi connectivity index (χ4n) is 4.12. The first-order valence-corrected chi connectivity index (χ1v) is 10.5. The van der Waals surface area contributed by atoms with Gasteiger partial charge in [0.25, 0.3) is 0 Å². The third-order valence-corrected chi connectivity index (χ3v) is 5.73. The van der Waals surface area contributed by atoms with Crippen LogP contribution in [0.15, 0.2) is 84.9 Å². The number of rotatable bonds is 6. The zero-order valence-electron chi connectivity index (χ0n) is 17.0. The zero-order valence-corrected chi connectivity index (χ0v) is 17.0. The van der Waals surface area contributed by atoms with E-state index in [1.165, 1.54) is 12.1 Å². The molecule has 2 amide bonds. The quantitative estimate of drug-likeness (QED) is 0.545. The number of benzene rings is 3. The summed E-state index contributed by atoms with van der Waals surface area (Å²) in [4.78, 5) is 15.2. The molecule has 1 aliphatic rings. The molecule has 1 saturated heterocycles. The molecule has 4 nitrogen and oxygen atoms in total. The maximum absolute atomic E-state index is 13.5. The van der Waals surface area contributed by atoms with Crippen molar-refractivity contribution >= 4 is 17.4 Å². The number of anilines is 2. The first-order chi connectivity index (χ1) is 14.7. The van der Waals surface area contributed by atoms with E-state index in [4.69, 9.17) is 0 Å². The summed E-state index contributed by atoms with van der Waals surface area (Å²) < 4.78 is 13.8. The maximum atomic E-state index is 13.5. The minimum absolute atomic E-state index is 0.131. The highest BCUT2D eigenvalue weighted by Crippen LogP contribution is 2.26. The maximum Gasteiger partial charge on any atom is 0.370 e. The Morgan fingerprint density at radius 2 is 1.37 bits per heavy atom. The molecule has 1 heterocycles. The van der Waals surface area contributed by atoms with Crippen LogP contribution in [0.5, 0.6) is 0 Å². The molecule has 5 heteroatoms. The molecule has 4 rings (SSSR count). The van der Waals surface area contributed by atoms with Crippen LogP contribution in [0.25, 0.3) is 0 Å². The number of likely N-dealkylation sites (tertiary alicyclic amines) is 1. The number of amides is 2. The average molecular weight is 405 g/mol. The molecule has 0 saturated carbocycles. The number of urea groups is 1. The lowest BCUT2D eigenvalue weighted by atomic mass is 10.1. The highest BCUT2D eigenvalue weighted by Gasteiger charge is 2.36. The van der Waals surface area contributed by atoms with Crippen molar-refractivity contribution in [1.29, 1.82) is 0 Å². The van der Waals surface area contributed by atoms with Gasteiger partial charge in [-0.2, -0.15) is 5.43 Å². The molecule has 30 heavy (non-hydrogen) atoms. The minimum atomic E-state index is -0.224. The molecule has 3 aromatic carbocycles. The zero-order chi connectivity index (χ0) is 20.8. The first kappa shape index (κ1) is 20.1. The topological polar surface area (TPSA) is 32.3 Å². The van der Waals surface area contributed by atoms with Gasteiger partial charge in [0.1, 0.15) is 25.5 Å². The summed E-state index contributed by atoms with van der Waals surface area (Å²) in [6, 6.07) is 25.9. The molecule has 0 radical (unpaired) electrons. The number of quaternary nitrogens is 1. The van der Waals surface area contributed by atoms with Crippen LogP contribution in [0.1, 0.15) is 18.4 Å². The molecule has 0 spiro atoms. The van der Waals surface area contributed by atoms with Gasteiger partial charge < -0.3 is 0 Å². The largest absolute Gasteiger partial charge is 0.370 e. The van der Waals surface area contributed by atoms with Gasteiger partial charge in [0.05, 0.1) is 11.4 Å². The van der Waals surface area contributed by atoms with Gasteiger partial charge in [0.15, 0.2) is 0 Å². The predicted molar refractivity (Wildman–Crippen MR) is 118 cm³/mol. The SMILES string of the molecule is O=C(N[N+]1(CCc2ccc(F)cc2)CCCC1)N(c1ccccc1)c1ccccc1. The third kappa shape index (κ3) is 4.69. The Morgan fingerprint density at radius 3 is 1.90 bits per heavy atom. The number of hydrogen-bond acceptors (Lipinski definition) is 1. The number of halogens is 1. The lowest BCUT2D eigenvalue weighted by Gasteiger charge is -2.35. The molecule has 1 aliphatic heterocycles. The fourth-order valence-corrected chi connectivity index (χ4v) is 4.12. The smallest absolute Gasteiger partial charge is 0.259 e. The van der Waals surface area contributed by atoms with Gasteiger partial charge in [-0.15, -0.1) is 0 Å². The fraction of sp³-hybridized carbons (Fsp3) is 0.240. The minimum Gasteiger partial charge on any atom is -0.259 e. The highest BCUT2D eigenvalue weighted by atomic mass is 19.1.